The molecule has 1 aromatic carbocycles. The standard InChI is InChI=1S/C16H16ClN5O3/c1-22-9-10(8-18-22)15(24-2)16-20-13(21-25-16)7-14(23)19-12-6-4-3-5-11(12)17/h3-6,8-9,15H,7H2,1-2H3,(H,19,23). The molecule has 1 atom stereocenters. The summed E-state index contributed by atoms with van der Waals surface area (Å²) >= 11 is 6.02. The summed E-state index contributed by atoms with van der Waals surface area (Å²) in [5.41, 5.74) is 1.31. The summed E-state index contributed by atoms with van der Waals surface area (Å²) in [5, 5.41) is 11.1. The minimum atomic E-state index is -0.540. The highest BCUT2D eigenvalue weighted by atomic mass is 35.5. The van der Waals surface area contributed by atoms with E-state index in [0.29, 0.717) is 10.7 Å². The van der Waals surface area contributed by atoms with Crippen molar-refractivity contribution in [2.45, 2.75) is 12.5 Å². The molecule has 0 saturated carbocycles. The molecule has 0 bridgehead atoms. The molecule has 0 aliphatic heterocycles. The van der Waals surface area contributed by atoms with Crippen LogP contribution in [0.15, 0.2) is 41.2 Å². The Morgan fingerprint density at radius 3 is 2.92 bits per heavy atom. The highest BCUT2D eigenvalue weighted by molar-refractivity contribution is 6.33. The molecule has 2 aromatic heterocycles. The van der Waals surface area contributed by atoms with E-state index in [9.17, 15) is 4.79 Å². The summed E-state index contributed by atoms with van der Waals surface area (Å²) in [6.45, 7) is 0. The van der Waals surface area contributed by atoms with Crippen LogP contribution >= 0.6 is 11.6 Å². The van der Waals surface area contributed by atoms with Crippen molar-refractivity contribution in [2.24, 2.45) is 7.05 Å². The molecule has 1 amide bonds. The number of amides is 1. The van der Waals surface area contributed by atoms with Crippen molar-refractivity contribution in [3.63, 3.8) is 0 Å². The molecule has 0 aliphatic carbocycles. The van der Waals surface area contributed by atoms with Crippen molar-refractivity contribution >= 4 is 23.2 Å². The maximum Gasteiger partial charge on any atom is 0.260 e. The zero-order valence-corrected chi connectivity index (χ0v) is 14.4. The predicted molar refractivity (Wildman–Crippen MR) is 90.1 cm³/mol. The third-order valence-electron chi connectivity index (χ3n) is 3.44. The Hall–Kier alpha value is -2.71. The SMILES string of the molecule is COC(c1cnn(C)c1)c1nc(CC(=O)Nc2ccccc2Cl)no1. The fourth-order valence-corrected chi connectivity index (χ4v) is 2.48. The monoisotopic (exact) mass is 361 g/mol. The van der Waals surface area contributed by atoms with Gasteiger partial charge < -0.3 is 14.6 Å². The van der Waals surface area contributed by atoms with Crippen LogP contribution in [0.2, 0.25) is 5.02 Å². The fraction of sp³-hybridized carbons (Fsp3) is 0.250. The van der Waals surface area contributed by atoms with E-state index in [4.69, 9.17) is 20.9 Å². The van der Waals surface area contributed by atoms with E-state index < -0.39 is 6.10 Å². The van der Waals surface area contributed by atoms with Crippen LogP contribution in [0.1, 0.15) is 23.4 Å². The second kappa shape index (κ2) is 7.45. The lowest BCUT2D eigenvalue weighted by Crippen LogP contribution is -2.15. The van der Waals surface area contributed by atoms with Gasteiger partial charge in [0.2, 0.25) is 5.91 Å². The summed E-state index contributed by atoms with van der Waals surface area (Å²) in [7, 11) is 3.33. The molecular formula is C16H16ClN5O3. The van der Waals surface area contributed by atoms with Crippen molar-refractivity contribution in [1.29, 1.82) is 0 Å². The lowest BCUT2D eigenvalue weighted by Gasteiger charge is -2.07. The van der Waals surface area contributed by atoms with E-state index in [2.05, 4.69) is 20.6 Å². The number of benzene rings is 1. The molecule has 8 nitrogen and oxygen atoms in total. The van der Waals surface area contributed by atoms with Gasteiger partial charge in [0.25, 0.3) is 5.89 Å². The van der Waals surface area contributed by atoms with E-state index in [-0.39, 0.29) is 24.0 Å². The van der Waals surface area contributed by atoms with Gasteiger partial charge in [0.05, 0.1) is 23.3 Å². The molecule has 25 heavy (non-hydrogen) atoms. The molecule has 0 fully saturated rings. The normalized spacial score (nSPS) is 12.1. The number of hydrogen-bond donors (Lipinski definition) is 1. The van der Waals surface area contributed by atoms with Gasteiger partial charge in [-0.3, -0.25) is 9.48 Å². The number of para-hydroxylation sites is 1. The molecule has 9 heteroatoms. The summed E-state index contributed by atoms with van der Waals surface area (Å²) in [4.78, 5) is 16.4. The summed E-state index contributed by atoms with van der Waals surface area (Å²) in [6, 6.07) is 6.98. The molecule has 1 N–H and O–H groups in total. The number of carbonyl (C=O) groups is 1. The Kier molecular flexibility index (Phi) is 5.11. The van der Waals surface area contributed by atoms with Gasteiger partial charge in [0, 0.05) is 25.9 Å². The number of nitrogens with one attached hydrogen (secondary N) is 1. The molecule has 3 rings (SSSR count). The zero-order chi connectivity index (χ0) is 17.8. The highest BCUT2D eigenvalue weighted by Crippen LogP contribution is 2.24. The summed E-state index contributed by atoms with van der Waals surface area (Å²) in [6.07, 6.45) is 2.87. The van der Waals surface area contributed by atoms with Crippen LogP contribution in [0, 0.1) is 0 Å². The highest BCUT2D eigenvalue weighted by Gasteiger charge is 2.23. The molecule has 0 aliphatic rings. The average molecular weight is 362 g/mol. The van der Waals surface area contributed by atoms with Crippen molar-refractivity contribution in [1.82, 2.24) is 19.9 Å². The molecule has 1 unspecified atom stereocenters. The molecular weight excluding hydrogens is 346 g/mol. The van der Waals surface area contributed by atoms with Gasteiger partial charge in [-0.1, -0.05) is 28.9 Å². The number of ether oxygens (including phenoxy) is 1. The van der Waals surface area contributed by atoms with E-state index in [1.54, 1.807) is 48.4 Å². The number of methoxy groups -OCH3 is 1. The smallest absolute Gasteiger partial charge is 0.260 e. The minimum absolute atomic E-state index is 0.0435. The number of nitrogens with zero attached hydrogens (tertiary/aromatic N) is 4. The molecule has 130 valence electrons. The van der Waals surface area contributed by atoms with Crippen LogP contribution in [0.25, 0.3) is 0 Å². The lowest BCUT2D eigenvalue weighted by molar-refractivity contribution is -0.115. The first-order valence-corrected chi connectivity index (χ1v) is 7.83. The largest absolute Gasteiger partial charge is 0.367 e. The van der Waals surface area contributed by atoms with E-state index in [0.717, 1.165) is 5.56 Å². The van der Waals surface area contributed by atoms with Gasteiger partial charge in [0.1, 0.15) is 0 Å². The second-order valence-electron chi connectivity index (χ2n) is 5.32. The number of hydrogen-bond acceptors (Lipinski definition) is 6. The van der Waals surface area contributed by atoms with Gasteiger partial charge in [-0.05, 0) is 12.1 Å². The van der Waals surface area contributed by atoms with Gasteiger partial charge in [-0.25, -0.2) is 0 Å². The number of rotatable bonds is 6. The Balaban J connectivity index is 1.68. The quantitative estimate of drug-likeness (QED) is 0.724. The summed E-state index contributed by atoms with van der Waals surface area (Å²) in [5.74, 6) is 0.220. The average Bonchev–Trinajstić information content (AvgIpc) is 3.20. The van der Waals surface area contributed by atoms with E-state index >= 15 is 0 Å². The Bertz CT molecular complexity index is 876. The molecule has 3 aromatic rings. The third kappa shape index (κ3) is 4.04. The lowest BCUT2D eigenvalue weighted by atomic mass is 10.2. The molecule has 0 radical (unpaired) electrons. The van der Waals surface area contributed by atoms with Gasteiger partial charge >= 0.3 is 0 Å². The van der Waals surface area contributed by atoms with E-state index in [1.165, 1.54) is 7.11 Å². The summed E-state index contributed by atoms with van der Waals surface area (Å²) < 4.78 is 12.3. The van der Waals surface area contributed by atoms with Crippen LogP contribution in [-0.2, 0) is 23.0 Å². The minimum Gasteiger partial charge on any atom is -0.367 e. The van der Waals surface area contributed by atoms with Crippen molar-refractivity contribution < 1.29 is 14.1 Å². The Morgan fingerprint density at radius 1 is 1.44 bits per heavy atom. The molecule has 2 heterocycles. The van der Waals surface area contributed by atoms with Gasteiger partial charge in [0.15, 0.2) is 11.9 Å². The maximum absolute atomic E-state index is 12.1. The number of halogens is 1. The van der Waals surface area contributed by atoms with E-state index in [1.807, 2.05) is 0 Å². The van der Waals surface area contributed by atoms with Crippen molar-refractivity contribution in [3.05, 3.63) is 59.0 Å². The molecule has 0 spiro atoms. The molecule has 0 saturated heterocycles. The first-order valence-electron chi connectivity index (χ1n) is 7.45. The van der Waals surface area contributed by atoms with Crippen LogP contribution in [-0.4, -0.2) is 32.9 Å². The fourth-order valence-electron chi connectivity index (χ4n) is 2.30. The number of aromatic nitrogens is 4. The van der Waals surface area contributed by atoms with Crippen LogP contribution in [0.3, 0.4) is 0 Å². The van der Waals surface area contributed by atoms with Gasteiger partial charge in [-0.15, -0.1) is 0 Å². The van der Waals surface area contributed by atoms with Crippen LogP contribution in [0.4, 0.5) is 5.69 Å². The maximum atomic E-state index is 12.1. The topological polar surface area (TPSA) is 95.1 Å². The van der Waals surface area contributed by atoms with Crippen LogP contribution < -0.4 is 5.32 Å². The predicted octanol–water partition coefficient (Wildman–Crippen LogP) is 2.37. The first-order chi connectivity index (χ1) is 12.1. The van der Waals surface area contributed by atoms with Crippen molar-refractivity contribution in [3.8, 4) is 0 Å². The number of carbonyl (C=O) groups excluding carboxylic acids is 1. The first kappa shape index (κ1) is 17.1. The third-order valence-corrected chi connectivity index (χ3v) is 3.77. The Labute approximate surface area is 148 Å². The second-order valence-corrected chi connectivity index (χ2v) is 5.72. The van der Waals surface area contributed by atoms with Gasteiger partial charge in [-0.2, -0.15) is 10.1 Å². The Morgan fingerprint density at radius 2 is 2.24 bits per heavy atom. The van der Waals surface area contributed by atoms with Crippen LogP contribution in [0.5, 0.6) is 0 Å². The van der Waals surface area contributed by atoms with Crippen molar-refractivity contribution in [2.75, 3.05) is 12.4 Å². The zero-order valence-electron chi connectivity index (χ0n) is 13.6. The number of aryl methyl sites for hydroxylation is 1. The number of anilines is 1.